The zero-order valence-corrected chi connectivity index (χ0v) is 11.0. The molecule has 0 bridgehead atoms. The molecular formula is C13H21N3O2. The van der Waals surface area contributed by atoms with Crippen molar-refractivity contribution < 1.29 is 9.53 Å². The van der Waals surface area contributed by atoms with Gasteiger partial charge >= 0.3 is 0 Å². The van der Waals surface area contributed by atoms with Gasteiger partial charge in [-0.3, -0.25) is 9.89 Å². The highest BCUT2D eigenvalue weighted by Crippen LogP contribution is 2.24. The number of nitrogens with zero attached hydrogens (tertiary/aromatic N) is 1. The summed E-state index contributed by atoms with van der Waals surface area (Å²) in [7, 11) is 0. The third-order valence-corrected chi connectivity index (χ3v) is 3.44. The lowest BCUT2D eigenvalue weighted by Crippen LogP contribution is -2.37. The molecule has 1 saturated heterocycles. The fraction of sp³-hybridized carbons (Fsp3) is 0.692. The van der Waals surface area contributed by atoms with Crippen LogP contribution in [0, 0.1) is 5.92 Å². The second-order valence-corrected chi connectivity index (χ2v) is 4.69. The molecule has 2 heterocycles. The van der Waals surface area contributed by atoms with Crippen molar-refractivity contribution in [2.24, 2.45) is 5.92 Å². The Balaban J connectivity index is 1.97. The van der Waals surface area contributed by atoms with E-state index in [0.717, 1.165) is 38.0 Å². The van der Waals surface area contributed by atoms with E-state index in [2.05, 4.69) is 22.4 Å². The Morgan fingerprint density at radius 2 is 2.44 bits per heavy atom. The summed E-state index contributed by atoms with van der Waals surface area (Å²) in [4.78, 5) is 12.2. The third kappa shape index (κ3) is 2.90. The van der Waals surface area contributed by atoms with Gasteiger partial charge < -0.3 is 10.1 Å². The van der Waals surface area contributed by atoms with Gasteiger partial charge in [-0.25, -0.2) is 0 Å². The molecular weight excluding hydrogens is 230 g/mol. The molecule has 2 N–H and O–H groups in total. The third-order valence-electron chi connectivity index (χ3n) is 3.44. The maximum atomic E-state index is 12.2. The number of rotatable bonds is 4. The lowest BCUT2D eigenvalue weighted by Gasteiger charge is -2.29. The molecule has 1 aromatic heterocycles. The van der Waals surface area contributed by atoms with Gasteiger partial charge in [0.2, 0.25) is 5.91 Å². The number of amides is 1. The number of aryl methyl sites for hydroxylation is 1. The topological polar surface area (TPSA) is 67.0 Å². The molecule has 1 aliphatic heterocycles. The maximum Gasteiger partial charge on any atom is 0.231 e. The standard InChI is InChI=1S/C13H21N3O2/c1-3-9-8-12(16-15-9)14-13(17)10-6-5-7-18-11(10)4-2/h8,10-11H,3-7H2,1-2H3,(H2,14,15,16,17). The molecule has 1 amide bonds. The predicted molar refractivity (Wildman–Crippen MR) is 69.4 cm³/mol. The van der Waals surface area contributed by atoms with Crippen molar-refractivity contribution in [3.8, 4) is 0 Å². The van der Waals surface area contributed by atoms with E-state index in [-0.39, 0.29) is 17.9 Å². The van der Waals surface area contributed by atoms with Crippen LogP contribution in [-0.4, -0.2) is 28.8 Å². The number of hydrogen-bond acceptors (Lipinski definition) is 3. The van der Waals surface area contributed by atoms with Gasteiger partial charge in [0, 0.05) is 18.4 Å². The number of hydrogen-bond donors (Lipinski definition) is 2. The van der Waals surface area contributed by atoms with Crippen LogP contribution >= 0.6 is 0 Å². The van der Waals surface area contributed by atoms with Crippen molar-refractivity contribution >= 4 is 11.7 Å². The number of carbonyl (C=O) groups excluding carboxylic acids is 1. The van der Waals surface area contributed by atoms with Gasteiger partial charge in [-0.2, -0.15) is 5.10 Å². The summed E-state index contributed by atoms with van der Waals surface area (Å²) in [6.45, 7) is 4.87. The molecule has 2 atom stereocenters. The molecule has 0 radical (unpaired) electrons. The molecule has 1 aromatic rings. The number of aromatic amines is 1. The average Bonchev–Trinajstić information content (AvgIpc) is 2.86. The first-order valence-electron chi connectivity index (χ1n) is 6.71. The largest absolute Gasteiger partial charge is 0.377 e. The summed E-state index contributed by atoms with van der Waals surface area (Å²) in [6, 6.07) is 1.88. The van der Waals surface area contributed by atoms with Crippen molar-refractivity contribution in [1.29, 1.82) is 0 Å². The molecule has 100 valence electrons. The van der Waals surface area contributed by atoms with E-state index in [4.69, 9.17) is 4.74 Å². The quantitative estimate of drug-likeness (QED) is 0.861. The van der Waals surface area contributed by atoms with E-state index in [0.29, 0.717) is 5.82 Å². The van der Waals surface area contributed by atoms with Gasteiger partial charge in [0.25, 0.3) is 0 Å². The minimum Gasteiger partial charge on any atom is -0.377 e. The minimum absolute atomic E-state index is 0.0238. The molecule has 1 aliphatic rings. The fourth-order valence-corrected chi connectivity index (χ4v) is 2.37. The number of H-pyrrole nitrogens is 1. The van der Waals surface area contributed by atoms with Crippen LogP contribution in [-0.2, 0) is 16.0 Å². The molecule has 2 rings (SSSR count). The van der Waals surface area contributed by atoms with Gasteiger partial charge in [0.15, 0.2) is 5.82 Å². The minimum atomic E-state index is -0.0504. The van der Waals surface area contributed by atoms with Crippen molar-refractivity contribution in [1.82, 2.24) is 10.2 Å². The van der Waals surface area contributed by atoms with Crippen LogP contribution in [0.1, 0.15) is 38.8 Å². The van der Waals surface area contributed by atoms with Crippen LogP contribution in [0.15, 0.2) is 6.07 Å². The number of anilines is 1. The van der Waals surface area contributed by atoms with Crippen LogP contribution in [0.5, 0.6) is 0 Å². The van der Waals surface area contributed by atoms with Crippen LogP contribution in [0.25, 0.3) is 0 Å². The smallest absolute Gasteiger partial charge is 0.231 e. The van der Waals surface area contributed by atoms with Crippen LogP contribution in [0.4, 0.5) is 5.82 Å². The van der Waals surface area contributed by atoms with Gasteiger partial charge in [0.05, 0.1) is 12.0 Å². The van der Waals surface area contributed by atoms with E-state index >= 15 is 0 Å². The molecule has 0 saturated carbocycles. The average molecular weight is 251 g/mol. The number of carbonyl (C=O) groups is 1. The summed E-state index contributed by atoms with van der Waals surface area (Å²) in [5.74, 6) is 0.582. The summed E-state index contributed by atoms with van der Waals surface area (Å²) >= 11 is 0. The molecule has 5 heteroatoms. The van der Waals surface area contributed by atoms with Crippen molar-refractivity contribution in [2.45, 2.75) is 45.6 Å². The van der Waals surface area contributed by atoms with E-state index in [1.54, 1.807) is 0 Å². The molecule has 2 unspecified atom stereocenters. The molecule has 0 aromatic carbocycles. The highest BCUT2D eigenvalue weighted by atomic mass is 16.5. The monoisotopic (exact) mass is 251 g/mol. The second kappa shape index (κ2) is 6.00. The summed E-state index contributed by atoms with van der Waals surface area (Å²) < 4.78 is 5.64. The Bertz CT molecular complexity index is 403. The zero-order valence-electron chi connectivity index (χ0n) is 11.0. The van der Waals surface area contributed by atoms with Crippen molar-refractivity contribution in [3.63, 3.8) is 0 Å². The lowest BCUT2D eigenvalue weighted by atomic mass is 9.92. The number of aromatic nitrogens is 2. The Morgan fingerprint density at radius 1 is 1.61 bits per heavy atom. The normalized spacial score (nSPS) is 23.9. The molecule has 18 heavy (non-hydrogen) atoms. The maximum absolute atomic E-state index is 12.2. The predicted octanol–water partition coefficient (Wildman–Crippen LogP) is 2.12. The lowest BCUT2D eigenvalue weighted by molar-refractivity contribution is -0.129. The highest BCUT2D eigenvalue weighted by molar-refractivity contribution is 5.92. The second-order valence-electron chi connectivity index (χ2n) is 4.69. The van der Waals surface area contributed by atoms with Gasteiger partial charge in [-0.05, 0) is 25.7 Å². The summed E-state index contributed by atoms with van der Waals surface area (Å²) in [5, 5.41) is 9.84. The van der Waals surface area contributed by atoms with Crippen LogP contribution in [0.2, 0.25) is 0 Å². The molecule has 0 spiro atoms. The zero-order chi connectivity index (χ0) is 13.0. The SMILES string of the molecule is CCc1cc(NC(=O)C2CCCOC2CC)n[nH]1. The van der Waals surface area contributed by atoms with Crippen LogP contribution < -0.4 is 5.32 Å². The Hall–Kier alpha value is -1.36. The summed E-state index contributed by atoms with van der Waals surface area (Å²) in [5.41, 5.74) is 1.03. The van der Waals surface area contributed by atoms with Crippen molar-refractivity contribution in [3.05, 3.63) is 11.8 Å². The van der Waals surface area contributed by atoms with Crippen molar-refractivity contribution in [2.75, 3.05) is 11.9 Å². The first-order valence-corrected chi connectivity index (χ1v) is 6.71. The van der Waals surface area contributed by atoms with E-state index in [1.165, 1.54) is 0 Å². The fourth-order valence-electron chi connectivity index (χ4n) is 2.37. The van der Waals surface area contributed by atoms with E-state index in [9.17, 15) is 4.79 Å². The molecule has 1 fully saturated rings. The Labute approximate surface area is 107 Å². The Morgan fingerprint density at radius 3 is 3.11 bits per heavy atom. The van der Waals surface area contributed by atoms with Gasteiger partial charge in [-0.15, -0.1) is 0 Å². The van der Waals surface area contributed by atoms with Gasteiger partial charge in [0.1, 0.15) is 0 Å². The van der Waals surface area contributed by atoms with E-state index < -0.39 is 0 Å². The number of ether oxygens (including phenoxy) is 1. The Kier molecular flexibility index (Phi) is 4.36. The van der Waals surface area contributed by atoms with Gasteiger partial charge in [-0.1, -0.05) is 13.8 Å². The molecule has 0 aliphatic carbocycles. The van der Waals surface area contributed by atoms with E-state index in [1.807, 2.05) is 13.0 Å². The van der Waals surface area contributed by atoms with Crippen LogP contribution in [0.3, 0.4) is 0 Å². The first kappa shape index (κ1) is 13.1. The highest BCUT2D eigenvalue weighted by Gasteiger charge is 2.30. The summed E-state index contributed by atoms with van der Waals surface area (Å²) in [6.07, 6.45) is 3.65. The number of nitrogens with one attached hydrogen (secondary N) is 2. The molecule has 5 nitrogen and oxygen atoms in total. The first-order chi connectivity index (χ1) is 8.74.